The van der Waals surface area contributed by atoms with E-state index in [0.717, 1.165) is 5.56 Å². The maximum Gasteiger partial charge on any atom is 0.199 e. The van der Waals surface area contributed by atoms with Gasteiger partial charge in [0.25, 0.3) is 0 Å². The van der Waals surface area contributed by atoms with Crippen molar-refractivity contribution >= 4 is 26.2 Å². The number of nitrogens with zero attached hydrogens (tertiary/aromatic N) is 1. The van der Waals surface area contributed by atoms with Crippen LogP contribution in [0.4, 0.5) is 5.00 Å². The number of benzene rings is 1. The molecule has 2 aromatic rings. The van der Waals surface area contributed by atoms with Gasteiger partial charge in [0.2, 0.25) is 0 Å². The molecule has 4 nitrogen and oxygen atoms in total. The molecule has 0 spiro atoms. The Hall–Kier alpha value is -1.84. The van der Waals surface area contributed by atoms with Gasteiger partial charge < -0.3 is 5.32 Å². The monoisotopic (exact) mass is 290 g/mol. The van der Waals surface area contributed by atoms with Crippen LogP contribution in [0.1, 0.15) is 11.6 Å². The zero-order valence-corrected chi connectivity index (χ0v) is 11.4. The highest BCUT2D eigenvalue weighted by molar-refractivity contribution is 7.92. The smallest absolute Gasteiger partial charge is 0.199 e. The Labute approximate surface area is 115 Å². The molecule has 2 atom stereocenters. The maximum absolute atomic E-state index is 12.4. The molecule has 0 aliphatic carbocycles. The van der Waals surface area contributed by atoms with Crippen LogP contribution < -0.4 is 5.32 Å². The molecule has 0 amide bonds. The van der Waals surface area contributed by atoms with E-state index in [1.54, 1.807) is 11.4 Å². The minimum Gasteiger partial charge on any atom is -0.367 e. The molecule has 6 heteroatoms. The van der Waals surface area contributed by atoms with E-state index in [1.807, 2.05) is 36.4 Å². The molecule has 0 saturated carbocycles. The Bertz CT molecular complexity index is 744. The molecule has 19 heavy (non-hydrogen) atoms. The van der Waals surface area contributed by atoms with Gasteiger partial charge in [0.15, 0.2) is 15.1 Å². The summed E-state index contributed by atoms with van der Waals surface area (Å²) < 4.78 is 24.8. The average Bonchev–Trinajstić information content (AvgIpc) is 2.88. The fourth-order valence-corrected chi connectivity index (χ4v) is 5.09. The fourth-order valence-electron chi connectivity index (χ4n) is 2.22. The molecule has 3 rings (SSSR count). The van der Waals surface area contributed by atoms with Crippen LogP contribution in [0, 0.1) is 11.3 Å². The SMILES string of the molecule is N#CC1C(c2ccccc2)Nc2sccc2S1(=O)=O. The van der Waals surface area contributed by atoms with Crippen LogP contribution in [0.2, 0.25) is 0 Å². The summed E-state index contributed by atoms with van der Waals surface area (Å²) in [6.45, 7) is 0. The first kappa shape index (κ1) is 12.2. The molecule has 1 aromatic carbocycles. The van der Waals surface area contributed by atoms with Gasteiger partial charge in [-0.25, -0.2) is 8.42 Å². The third-order valence-electron chi connectivity index (χ3n) is 3.15. The predicted octanol–water partition coefficient (Wildman–Crippen LogP) is 2.58. The number of nitrogens with one attached hydrogen (secondary N) is 1. The number of fused-ring (bicyclic) bond motifs is 1. The van der Waals surface area contributed by atoms with Gasteiger partial charge in [-0.15, -0.1) is 11.3 Å². The van der Waals surface area contributed by atoms with Crippen LogP contribution in [0.25, 0.3) is 0 Å². The molecule has 2 unspecified atom stereocenters. The van der Waals surface area contributed by atoms with Gasteiger partial charge in [-0.3, -0.25) is 0 Å². The van der Waals surface area contributed by atoms with Gasteiger partial charge in [-0.1, -0.05) is 30.3 Å². The van der Waals surface area contributed by atoms with Crippen molar-refractivity contribution in [3.05, 3.63) is 47.3 Å². The lowest BCUT2D eigenvalue weighted by Crippen LogP contribution is -2.36. The number of anilines is 1. The highest BCUT2D eigenvalue weighted by Gasteiger charge is 2.42. The minimum atomic E-state index is -3.60. The normalized spacial score (nSPS) is 23.9. The number of nitriles is 1. The molecule has 1 aliphatic heterocycles. The van der Waals surface area contributed by atoms with Crippen molar-refractivity contribution in [3.8, 4) is 6.07 Å². The molecule has 1 aliphatic rings. The summed E-state index contributed by atoms with van der Waals surface area (Å²) in [4.78, 5) is 0.233. The summed E-state index contributed by atoms with van der Waals surface area (Å²) in [7, 11) is -3.60. The van der Waals surface area contributed by atoms with Crippen LogP contribution in [0.5, 0.6) is 0 Å². The molecule has 1 N–H and O–H groups in total. The van der Waals surface area contributed by atoms with Gasteiger partial charge in [0, 0.05) is 0 Å². The molecule has 0 bridgehead atoms. The summed E-state index contributed by atoms with van der Waals surface area (Å²) in [6, 6.07) is 12.1. The minimum absolute atomic E-state index is 0.233. The van der Waals surface area contributed by atoms with Crippen LogP contribution in [0.15, 0.2) is 46.7 Å². The average molecular weight is 290 g/mol. The van der Waals surface area contributed by atoms with E-state index >= 15 is 0 Å². The summed E-state index contributed by atoms with van der Waals surface area (Å²) >= 11 is 1.34. The Morgan fingerprint density at radius 2 is 1.95 bits per heavy atom. The summed E-state index contributed by atoms with van der Waals surface area (Å²) in [5.74, 6) is 0. The molecule has 96 valence electrons. The first-order valence-electron chi connectivity index (χ1n) is 5.67. The molecule has 1 aromatic heterocycles. The highest BCUT2D eigenvalue weighted by atomic mass is 32.2. The second-order valence-electron chi connectivity index (χ2n) is 4.24. The third kappa shape index (κ3) is 1.82. The van der Waals surface area contributed by atoms with Gasteiger partial charge in [0.1, 0.15) is 9.90 Å². The fraction of sp³-hybridized carbons (Fsp3) is 0.154. The quantitative estimate of drug-likeness (QED) is 0.876. The van der Waals surface area contributed by atoms with Crippen molar-refractivity contribution in [1.29, 1.82) is 5.26 Å². The van der Waals surface area contributed by atoms with Gasteiger partial charge in [-0.05, 0) is 17.0 Å². The Morgan fingerprint density at radius 3 is 2.63 bits per heavy atom. The molecule has 2 heterocycles. The first-order valence-corrected chi connectivity index (χ1v) is 8.09. The summed E-state index contributed by atoms with van der Waals surface area (Å²) in [6.07, 6.45) is 0. The lowest BCUT2D eigenvalue weighted by Gasteiger charge is -2.29. The molecular weight excluding hydrogens is 280 g/mol. The van der Waals surface area contributed by atoms with E-state index in [2.05, 4.69) is 5.32 Å². The third-order valence-corrected chi connectivity index (χ3v) is 6.12. The number of sulfone groups is 1. The number of rotatable bonds is 1. The van der Waals surface area contributed by atoms with E-state index in [4.69, 9.17) is 0 Å². The Balaban J connectivity index is 2.17. The van der Waals surface area contributed by atoms with Crippen molar-refractivity contribution in [2.45, 2.75) is 16.2 Å². The van der Waals surface area contributed by atoms with E-state index in [9.17, 15) is 13.7 Å². The number of hydrogen-bond donors (Lipinski definition) is 1. The predicted molar refractivity (Wildman–Crippen MR) is 73.7 cm³/mol. The van der Waals surface area contributed by atoms with Crippen LogP contribution in [-0.4, -0.2) is 13.7 Å². The van der Waals surface area contributed by atoms with Crippen LogP contribution >= 0.6 is 11.3 Å². The number of hydrogen-bond acceptors (Lipinski definition) is 5. The van der Waals surface area contributed by atoms with Crippen molar-refractivity contribution in [2.24, 2.45) is 0 Å². The Morgan fingerprint density at radius 1 is 1.21 bits per heavy atom. The zero-order valence-electron chi connectivity index (χ0n) is 9.78. The topological polar surface area (TPSA) is 70.0 Å². The standard InChI is InChI=1S/C13H10N2O2S2/c14-8-11-12(9-4-2-1-3-5-9)15-13-10(6-7-18-13)19(11,16)17/h1-7,11-12,15H. The van der Waals surface area contributed by atoms with E-state index in [-0.39, 0.29) is 4.90 Å². The highest BCUT2D eigenvalue weighted by Crippen LogP contribution is 2.41. The van der Waals surface area contributed by atoms with Crippen LogP contribution in [0.3, 0.4) is 0 Å². The number of thiophene rings is 1. The van der Waals surface area contributed by atoms with E-state index < -0.39 is 21.1 Å². The van der Waals surface area contributed by atoms with Crippen molar-refractivity contribution in [1.82, 2.24) is 0 Å². The van der Waals surface area contributed by atoms with Crippen LogP contribution in [-0.2, 0) is 9.84 Å². The van der Waals surface area contributed by atoms with Gasteiger partial charge in [-0.2, -0.15) is 5.26 Å². The summed E-state index contributed by atoms with van der Waals surface area (Å²) in [5.41, 5.74) is 0.802. The second-order valence-corrected chi connectivity index (χ2v) is 7.20. The van der Waals surface area contributed by atoms with Gasteiger partial charge in [0.05, 0.1) is 12.1 Å². The molecule has 0 saturated heterocycles. The van der Waals surface area contributed by atoms with E-state index in [1.165, 1.54) is 11.3 Å². The molecule has 0 radical (unpaired) electrons. The van der Waals surface area contributed by atoms with Crippen molar-refractivity contribution in [3.63, 3.8) is 0 Å². The van der Waals surface area contributed by atoms with Gasteiger partial charge >= 0.3 is 0 Å². The first-order chi connectivity index (χ1) is 9.14. The lowest BCUT2D eigenvalue weighted by atomic mass is 10.0. The van der Waals surface area contributed by atoms with E-state index in [0.29, 0.717) is 5.00 Å². The van der Waals surface area contributed by atoms with Crippen molar-refractivity contribution in [2.75, 3.05) is 5.32 Å². The second kappa shape index (κ2) is 4.37. The lowest BCUT2D eigenvalue weighted by molar-refractivity contribution is 0.577. The maximum atomic E-state index is 12.4. The van der Waals surface area contributed by atoms with Crippen molar-refractivity contribution < 1.29 is 8.42 Å². The zero-order chi connectivity index (χ0) is 13.5. The molecule has 0 fully saturated rings. The Kier molecular flexibility index (Phi) is 2.81. The largest absolute Gasteiger partial charge is 0.367 e. The molecular formula is C13H10N2O2S2. The summed E-state index contributed by atoms with van der Waals surface area (Å²) in [5, 5.41) is 13.7.